The number of aliphatic hydroxyl groups is 1. The highest BCUT2D eigenvalue weighted by Crippen LogP contribution is 1.93. The van der Waals surface area contributed by atoms with Crippen molar-refractivity contribution in [3.8, 4) is 0 Å². The molecule has 0 aromatic rings. The Morgan fingerprint density at radius 2 is 2.00 bits per heavy atom. The van der Waals surface area contributed by atoms with Crippen molar-refractivity contribution in [1.29, 1.82) is 0 Å². The van der Waals surface area contributed by atoms with Crippen LogP contribution >= 0.6 is 0 Å². The molecular formula is C8H17NO3. The number of aliphatic carboxylic acids is 1. The largest absolute Gasteiger partial charge is 0.481 e. The second kappa shape index (κ2) is 7.06. The molecule has 4 heteroatoms. The third-order valence-electron chi connectivity index (χ3n) is 1.60. The van der Waals surface area contributed by atoms with Crippen molar-refractivity contribution < 1.29 is 15.0 Å². The summed E-state index contributed by atoms with van der Waals surface area (Å²) in [7, 11) is 0. The first-order chi connectivity index (χ1) is 5.70. The van der Waals surface area contributed by atoms with E-state index in [1.807, 2.05) is 11.8 Å². The van der Waals surface area contributed by atoms with E-state index in [9.17, 15) is 4.79 Å². The van der Waals surface area contributed by atoms with Crippen LogP contribution in [0.3, 0.4) is 0 Å². The van der Waals surface area contributed by atoms with Crippen LogP contribution in [0.5, 0.6) is 0 Å². The summed E-state index contributed by atoms with van der Waals surface area (Å²) < 4.78 is 0. The quantitative estimate of drug-likeness (QED) is 0.579. The fourth-order valence-corrected chi connectivity index (χ4v) is 1.05. The molecule has 0 rings (SSSR count). The smallest absolute Gasteiger partial charge is 0.304 e. The van der Waals surface area contributed by atoms with Crippen molar-refractivity contribution >= 4 is 5.97 Å². The lowest BCUT2D eigenvalue weighted by Gasteiger charge is -2.18. The lowest BCUT2D eigenvalue weighted by Crippen LogP contribution is -2.30. The number of aliphatic hydroxyl groups excluding tert-OH is 1. The Bertz CT molecular complexity index is 121. The fraction of sp³-hybridized carbons (Fsp3) is 0.875. The van der Waals surface area contributed by atoms with Gasteiger partial charge in [0.2, 0.25) is 0 Å². The molecule has 0 fully saturated rings. The van der Waals surface area contributed by atoms with E-state index >= 15 is 0 Å². The molecule has 0 aromatic heterocycles. The van der Waals surface area contributed by atoms with Crippen LogP contribution in [-0.4, -0.2) is 47.3 Å². The zero-order valence-electron chi connectivity index (χ0n) is 7.49. The van der Waals surface area contributed by atoms with Gasteiger partial charge in [0, 0.05) is 13.1 Å². The maximum absolute atomic E-state index is 10.2. The maximum atomic E-state index is 10.2. The summed E-state index contributed by atoms with van der Waals surface area (Å²) in [6.07, 6.45) is 1.14. The molecule has 0 heterocycles. The first-order valence-corrected chi connectivity index (χ1v) is 4.25. The topological polar surface area (TPSA) is 60.8 Å². The fourth-order valence-electron chi connectivity index (χ4n) is 1.05. The first-order valence-electron chi connectivity index (χ1n) is 4.25. The minimum atomic E-state index is -0.783. The molecule has 0 amide bonds. The summed E-state index contributed by atoms with van der Waals surface area (Å²) in [5.41, 5.74) is 0. The molecule has 0 saturated heterocycles. The Hall–Kier alpha value is -0.610. The normalized spacial score (nSPS) is 10.6. The molecule has 0 aliphatic rings. The summed E-state index contributed by atoms with van der Waals surface area (Å²) >= 11 is 0. The van der Waals surface area contributed by atoms with Crippen LogP contribution in [0.1, 0.15) is 19.8 Å². The molecule has 0 atom stereocenters. The van der Waals surface area contributed by atoms with Gasteiger partial charge in [0.05, 0.1) is 13.0 Å². The van der Waals surface area contributed by atoms with E-state index in [2.05, 4.69) is 0 Å². The van der Waals surface area contributed by atoms with Gasteiger partial charge in [0.15, 0.2) is 0 Å². The summed E-state index contributed by atoms with van der Waals surface area (Å²) in [6.45, 7) is 4.09. The van der Waals surface area contributed by atoms with Gasteiger partial charge in [-0.3, -0.25) is 4.79 Å². The van der Waals surface area contributed by atoms with E-state index in [4.69, 9.17) is 10.2 Å². The molecule has 0 unspecified atom stereocenters. The van der Waals surface area contributed by atoms with E-state index in [1.54, 1.807) is 0 Å². The average molecular weight is 175 g/mol. The Balaban J connectivity index is 3.54. The molecule has 0 aliphatic heterocycles. The van der Waals surface area contributed by atoms with E-state index in [0.29, 0.717) is 13.1 Å². The van der Waals surface area contributed by atoms with Gasteiger partial charge in [-0.2, -0.15) is 0 Å². The minimum absolute atomic E-state index is 0.0968. The summed E-state index contributed by atoms with van der Waals surface area (Å²) in [5, 5.41) is 17.0. The zero-order chi connectivity index (χ0) is 9.40. The van der Waals surface area contributed by atoms with Gasteiger partial charge >= 0.3 is 5.97 Å². The van der Waals surface area contributed by atoms with Crippen molar-refractivity contribution in [3.63, 3.8) is 0 Å². The summed E-state index contributed by atoms with van der Waals surface area (Å²) in [5.74, 6) is -0.783. The summed E-state index contributed by atoms with van der Waals surface area (Å²) in [6, 6.07) is 0. The van der Waals surface area contributed by atoms with Crippen LogP contribution < -0.4 is 0 Å². The number of nitrogens with zero attached hydrogens (tertiary/aromatic N) is 1. The van der Waals surface area contributed by atoms with E-state index in [1.165, 1.54) is 0 Å². The van der Waals surface area contributed by atoms with E-state index in [-0.39, 0.29) is 13.0 Å². The van der Waals surface area contributed by atoms with Crippen molar-refractivity contribution in [2.24, 2.45) is 0 Å². The molecule has 0 aliphatic carbocycles. The number of carbonyl (C=O) groups is 1. The molecule has 0 saturated carbocycles. The van der Waals surface area contributed by atoms with Crippen molar-refractivity contribution in [3.05, 3.63) is 0 Å². The highest BCUT2D eigenvalue weighted by Gasteiger charge is 2.04. The van der Waals surface area contributed by atoms with Gasteiger partial charge in [-0.05, 0) is 13.0 Å². The molecule has 0 aromatic carbocycles. The molecule has 12 heavy (non-hydrogen) atoms. The predicted octanol–water partition coefficient (Wildman–Crippen LogP) is 0.165. The van der Waals surface area contributed by atoms with Crippen molar-refractivity contribution in [2.75, 3.05) is 26.2 Å². The van der Waals surface area contributed by atoms with Gasteiger partial charge in [0.25, 0.3) is 0 Å². The van der Waals surface area contributed by atoms with Crippen LogP contribution in [-0.2, 0) is 4.79 Å². The monoisotopic (exact) mass is 175 g/mol. The Labute approximate surface area is 72.8 Å². The highest BCUT2D eigenvalue weighted by atomic mass is 16.4. The van der Waals surface area contributed by atoms with E-state index in [0.717, 1.165) is 13.0 Å². The lowest BCUT2D eigenvalue weighted by atomic mass is 10.3. The molecule has 72 valence electrons. The van der Waals surface area contributed by atoms with Crippen molar-refractivity contribution in [1.82, 2.24) is 4.90 Å². The van der Waals surface area contributed by atoms with Crippen LogP contribution in [0.15, 0.2) is 0 Å². The third kappa shape index (κ3) is 6.12. The predicted molar refractivity (Wildman–Crippen MR) is 46.1 cm³/mol. The van der Waals surface area contributed by atoms with E-state index < -0.39 is 5.97 Å². The first kappa shape index (κ1) is 11.4. The van der Waals surface area contributed by atoms with Crippen molar-refractivity contribution in [2.45, 2.75) is 19.8 Å². The molecule has 2 N–H and O–H groups in total. The molecule has 4 nitrogen and oxygen atoms in total. The van der Waals surface area contributed by atoms with Gasteiger partial charge in [-0.1, -0.05) is 6.92 Å². The van der Waals surface area contributed by atoms with Crippen LogP contribution in [0.2, 0.25) is 0 Å². The van der Waals surface area contributed by atoms with Crippen LogP contribution in [0, 0.1) is 0 Å². The number of carboxylic acids is 1. The van der Waals surface area contributed by atoms with Gasteiger partial charge in [0.1, 0.15) is 0 Å². The zero-order valence-corrected chi connectivity index (χ0v) is 7.49. The van der Waals surface area contributed by atoms with Gasteiger partial charge in [-0.15, -0.1) is 0 Å². The molecule has 0 spiro atoms. The SMILES string of the molecule is CCCN(CCO)CCC(=O)O. The second-order valence-corrected chi connectivity index (χ2v) is 2.71. The molecule has 0 radical (unpaired) electrons. The molecule has 0 bridgehead atoms. The van der Waals surface area contributed by atoms with Crippen LogP contribution in [0.25, 0.3) is 0 Å². The number of hydrogen-bond donors (Lipinski definition) is 2. The average Bonchev–Trinajstić information content (AvgIpc) is 2.01. The van der Waals surface area contributed by atoms with Gasteiger partial charge in [-0.25, -0.2) is 0 Å². The Morgan fingerprint density at radius 1 is 1.33 bits per heavy atom. The third-order valence-corrected chi connectivity index (χ3v) is 1.60. The minimum Gasteiger partial charge on any atom is -0.481 e. The van der Waals surface area contributed by atoms with Crippen LogP contribution in [0.4, 0.5) is 0 Å². The Kier molecular flexibility index (Phi) is 6.70. The lowest BCUT2D eigenvalue weighted by molar-refractivity contribution is -0.137. The standard InChI is InChI=1S/C8H17NO3/c1-2-4-9(6-7-10)5-3-8(11)12/h10H,2-7H2,1H3,(H,11,12). The number of hydrogen-bond acceptors (Lipinski definition) is 3. The summed E-state index contributed by atoms with van der Waals surface area (Å²) in [4.78, 5) is 12.2. The van der Waals surface area contributed by atoms with Gasteiger partial charge < -0.3 is 15.1 Å². The molecular weight excluding hydrogens is 158 g/mol. The maximum Gasteiger partial charge on any atom is 0.304 e. The number of carboxylic acid groups (broad SMARTS) is 1. The highest BCUT2D eigenvalue weighted by molar-refractivity contribution is 5.66. The Morgan fingerprint density at radius 3 is 2.42 bits per heavy atom. The second-order valence-electron chi connectivity index (χ2n) is 2.71. The number of rotatable bonds is 7.